The van der Waals surface area contributed by atoms with Crippen LogP contribution < -0.4 is 0 Å². The second kappa shape index (κ2) is 7.04. The fraction of sp³-hybridized carbons (Fsp3) is 0.462. The number of carbonyl (C=O) groups is 1. The minimum absolute atomic E-state index is 0.135. The van der Waals surface area contributed by atoms with E-state index in [4.69, 9.17) is 0 Å². The molecule has 2 heteroatoms. The van der Waals surface area contributed by atoms with Gasteiger partial charge in [0.05, 0.1) is 0 Å². The van der Waals surface area contributed by atoms with Crippen molar-refractivity contribution in [2.45, 2.75) is 27.2 Å². The zero-order valence-corrected chi connectivity index (χ0v) is 10.2. The lowest BCUT2D eigenvalue weighted by molar-refractivity contribution is -0.128. The van der Waals surface area contributed by atoms with Crippen LogP contribution in [0.25, 0.3) is 0 Å². The summed E-state index contributed by atoms with van der Waals surface area (Å²) in [6, 6.07) is 0. The predicted octanol–water partition coefficient (Wildman–Crippen LogP) is 3.14. The van der Waals surface area contributed by atoms with Crippen molar-refractivity contribution in [2.24, 2.45) is 5.92 Å². The van der Waals surface area contributed by atoms with Gasteiger partial charge in [0.15, 0.2) is 0 Å². The highest BCUT2D eigenvalue weighted by Crippen LogP contribution is 2.09. The van der Waals surface area contributed by atoms with Crippen LogP contribution >= 0.6 is 0 Å². The van der Waals surface area contributed by atoms with Crippen LogP contribution in [0.15, 0.2) is 36.6 Å². The number of hydrogen-bond donors (Lipinski definition) is 0. The molecule has 0 unspecified atom stereocenters. The first-order valence-electron chi connectivity index (χ1n) is 5.24. The van der Waals surface area contributed by atoms with Crippen molar-refractivity contribution in [1.82, 2.24) is 4.90 Å². The Balaban J connectivity index is 4.63. The summed E-state index contributed by atoms with van der Waals surface area (Å²) in [5.41, 5.74) is 0.873. The molecule has 84 valence electrons. The Hall–Kier alpha value is -1.31. The highest BCUT2D eigenvalue weighted by molar-refractivity contribution is 5.78. The van der Waals surface area contributed by atoms with Crippen molar-refractivity contribution in [3.8, 4) is 0 Å². The highest BCUT2D eigenvalue weighted by Gasteiger charge is 2.12. The van der Waals surface area contributed by atoms with Gasteiger partial charge in [-0.15, -0.1) is 0 Å². The lowest BCUT2D eigenvalue weighted by Gasteiger charge is -2.19. The molecule has 0 saturated heterocycles. The number of rotatable bonds is 5. The van der Waals surface area contributed by atoms with Gasteiger partial charge in [-0.2, -0.15) is 0 Å². The molecule has 0 aromatic heterocycles. The fourth-order valence-electron chi connectivity index (χ4n) is 1.20. The number of carbonyl (C=O) groups excluding carboxylic acids is 1. The van der Waals surface area contributed by atoms with Crippen molar-refractivity contribution in [3.63, 3.8) is 0 Å². The van der Waals surface area contributed by atoms with Gasteiger partial charge >= 0.3 is 0 Å². The summed E-state index contributed by atoms with van der Waals surface area (Å²) >= 11 is 0. The second-order valence-electron chi connectivity index (χ2n) is 3.88. The van der Waals surface area contributed by atoms with Gasteiger partial charge in [0.25, 0.3) is 0 Å². The summed E-state index contributed by atoms with van der Waals surface area (Å²) in [7, 11) is 1.79. The summed E-state index contributed by atoms with van der Waals surface area (Å²) in [6.07, 6.45) is 7.91. The fourth-order valence-corrected chi connectivity index (χ4v) is 1.20. The highest BCUT2D eigenvalue weighted by atomic mass is 16.2. The van der Waals surface area contributed by atoms with Gasteiger partial charge in [-0.05, 0) is 25.0 Å². The molecule has 0 spiro atoms. The summed E-state index contributed by atoms with van der Waals surface area (Å²) in [4.78, 5) is 13.4. The molecular weight excluding hydrogens is 186 g/mol. The maximum absolute atomic E-state index is 11.8. The second-order valence-corrected chi connectivity index (χ2v) is 3.88. The monoisotopic (exact) mass is 207 g/mol. The molecule has 0 saturated carbocycles. The van der Waals surface area contributed by atoms with Crippen LogP contribution in [-0.4, -0.2) is 17.9 Å². The van der Waals surface area contributed by atoms with Crippen molar-refractivity contribution < 1.29 is 4.79 Å². The summed E-state index contributed by atoms with van der Waals surface area (Å²) in [5, 5.41) is 0. The number of hydrogen-bond acceptors (Lipinski definition) is 1. The van der Waals surface area contributed by atoms with Crippen molar-refractivity contribution >= 4 is 5.91 Å². The normalized spacial score (nSPS) is 12.2. The van der Waals surface area contributed by atoms with Crippen LogP contribution in [0.3, 0.4) is 0 Å². The largest absolute Gasteiger partial charge is 0.316 e. The molecule has 0 rings (SSSR count). The number of allylic oxidation sites excluding steroid dienone is 4. The Kier molecular flexibility index (Phi) is 6.43. The number of amides is 1. The lowest BCUT2D eigenvalue weighted by Crippen LogP contribution is -2.26. The standard InChI is InChI=1S/C13H21NO/c1-6-8-12(9-7-2)14(5)13(15)10-11(3)4/h6-9,11H,1,10H2,2-5H3/b9-7+,12-8+. The molecule has 0 N–H and O–H groups in total. The number of likely N-dealkylation sites (N-methyl/N-ethyl adjacent to an activating group) is 1. The van der Waals surface area contributed by atoms with E-state index in [-0.39, 0.29) is 5.91 Å². The molecule has 0 aromatic rings. The molecule has 15 heavy (non-hydrogen) atoms. The molecule has 0 aromatic carbocycles. The van der Waals surface area contributed by atoms with Crippen LogP contribution in [0.1, 0.15) is 27.2 Å². The first kappa shape index (κ1) is 13.7. The average molecular weight is 207 g/mol. The van der Waals surface area contributed by atoms with E-state index in [1.807, 2.05) is 39.0 Å². The zero-order chi connectivity index (χ0) is 11.8. The van der Waals surface area contributed by atoms with E-state index in [2.05, 4.69) is 6.58 Å². The third-order valence-corrected chi connectivity index (χ3v) is 1.97. The minimum atomic E-state index is 0.135. The van der Waals surface area contributed by atoms with Gasteiger partial charge in [0.2, 0.25) is 5.91 Å². The molecule has 0 aliphatic rings. The van der Waals surface area contributed by atoms with Gasteiger partial charge in [-0.1, -0.05) is 32.6 Å². The van der Waals surface area contributed by atoms with E-state index in [9.17, 15) is 4.79 Å². The third kappa shape index (κ3) is 5.21. The molecule has 0 aliphatic heterocycles. The zero-order valence-electron chi connectivity index (χ0n) is 10.2. The van der Waals surface area contributed by atoms with E-state index in [0.717, 1.165) is 5.70 Å². The van der Waals surface area contributed by atoms with E-state index in [1.165, 1.54) is 0 Å². The Morgan fingerprint density at radius 1 is 1.47 bits per heavy atom. The molecule has 0 fully saturated rings. The topological polar surface area (TPSA) is 20.3 Å². The molecule has 0 radical (unpaired) electrons. The molecule has 2 nitrogen and oxygen atoms in total. The van der Waals surface area contributed by atoms with Gasteiger partial charge in [-0.25, -0.2) is 0 Å². The predicted molar refractivity (Wildman–Crippen MR) is 65.3 cm³/mol. The average Bonchev–Trinajstić information content (AvgIpc) is 2.15. The molecular formula is C13H21NO. The van der Waals surface area contributed by atoms with E-state index >= 15 is 0 Å². The summed E-state index contributed by atoms with van der Waals surface area (Å²) in [6.45, 7) is 9.65. The number of nitrogens with zero attached hydrogens (tertiary/aromatic N) is 1. The first-order valence-corrected chi connectivity index (χ1v) is 5.24. The Labute approximate surface area is 93.0 Å². The summed E-state index contributed by atoms with van der Waals surface area (Å²) in [5.74, 6) is 0.520. The van der Waals surface area contributed by atoms with Gasteiger partial charge in [-0.3, -0.25) is 4.79 Å². The van der Waals surface area contributed by atoms with Gasteiger partial charge < -0.3 is 4.90 Å². The smallest absolute Gasteiger partial charge is 0.226 e. The van der Waals surface area contributed by atoms with Crippen LogP contribution in [0.2, 0.25) is 0 Å². The van der Waals surface area contributed by atoms with E-state index in [0.29, 0.717) is 12.3 Å². The van der Waals surface area contributed by atoms with Crippen molar-refractivity contribution in [1.29, 1.82) is 0 Å². The maximum atomic E-state index is 11.8. The molecule has 0 bridgehead atoms. The molecule has 1 amide bonds. The first-order chi connectivity index (χ1) is 7.02. The maximum Gasteiger partial charge on any atom is 0.226 e. The van der Waals surface area contributed by atoms with Crippen LogP contribution in [0.4, 0.5) is 0 Å². The van der Waals surface area contributed by atoms with Gasteiger partial charge in [0, 0.05) is 19.2 Å². The molecule has 0 atom stereocenters. The van der Waals surface area contributed by atoms with Crippen LogP contribution in [-0.2, 0) is 4.79 Å². The van der Waals surface area contributed by atoms with Crippen molar-refractivity contribution in [2.75, 3.05) is 7.05 Å². The molecule has 0 aliphatic carbocycles. The Bertz CT molecular complexity index is 274. The third-order valence-electron chi connectivity index (χ3n) is 1.97. The van der Waals surface area contributed by atoms with E-state index in [1.54, 1.807) is 18.0 Å². The SMILES string of the molecule is C=C/C=C(\C=C\C)N(C)C(=O)CC(C)C. The quantitative estimate of drug-likeness (QED) is 0.634. The summed E-state index contributed by atoms with van der Waals surface area (Å²) < 4.78 is 0. The molecule has 0 heterocycles. The van der Waals surface area contributed by atoms with Gasteiger partial charge in [0.1, 0.15) is 0 Å². The minimum Gasteiger partial charge on any atom is -0.316 e. The lowest BCUT2D eigenvalue weighted by atomic mass is 10.1. The Morgan fingerprint density at radius 2 is 2.07 bits per heavy atom. The van der Waals surface area contributed by atoms with Crippen LogP contribution in [0, 0.1) is 5.92 Å². The Morgan fingerprint density at radius 3 is 2.47 bits per heavy atom. The van der Waals surface area contributed by atoms with Crippen molar-refractivity contribution in [3.05, 3.63) is 36.6 Å². The van der Waals surface area contributed by atoms with Crippen LogP contribution in [0.5, 0.6) is 0 Å². The van der Waals surface area contributed by atoms with E-state index < -0.39 is 0 Å².